The van der Waals surface area contributed by atoms with Gasteiger partial charge in [0.1, 0.15) is 11.7 Å². The maximum Gasteiger partial charge on any atom is 0.238 e. The van der Waals surface area contributed by atoms with Gasteiger partial charge in [-0.25, -0.2) is 0 Å². The molecule has 27 heavy (non-hydrogen) atoms. The van der Waals surface area contributed by atoms with E-state index in [4.69, 9.17) is 15.0 Å². The highest BCUT2D eigenvalue weighted by molar-refractivity contribution is 6.01. The first kappa shape index (κ1) is 17.5. The number of fused-ring (bicyclic) bond motifs is 4. The third-order valence-electron chi connectivity index (χ3n) is 5.40. The van der Waals surface area contributed by atoms with Crippen LogP contribution in [0.15, 0.2) is 28.8 Å². The number of benzene rings is 1. The molecule has 4 rings (SSSR count). The van der Waals surface area contributed by atoms with Gasteiger partial charge in [0, 0.05) is 25.3 Å². The molecule has 1 aromatic heterocycles. The van der Waals surface area contributed by atoms with Crippen LogP contribution in [0.2, 0.25) is 0 Å². The Hall–Kier alpha value is -2.90. The fourth-order valence-corrected chi connectivity index (χ4v) is 4.21. The van der Waals surface area contributed by atoms with Crippen LogP contribution in [0.3, 0.4) is 0 Å². The standard InChI is InChI=1S/C19H22N4O4/c1-11-21-15(27-22-11)8-5-9-23-18(25)16(17(20)24)13-10-19(23,2)26-14-7-4-3-6-12(13)14/h3-4,6-7,13,16H,5,8-10H2,1-2H3,(H2,20,24). The van der Waals surface area contributed by atoms with Crippen molar-refractivity contribution >= 4 is 11.8 Å². The van der Waals surface area contributed by atoms with Crippen molar-refractivity contribution in [2.45, 2.75) is 44.8 Å². The molecule has 1 aromatic carbocycles. The molecule has 2 aliphatic heterocycles. The molecule has 3 unspecified atom stereocenters. The van der Waals surface area contributed by atoms with E-state index in [0.717, 1.165) is 5.56 Å². The van der Waals surface area contributed by atoms with Crippen LogP contribution in [0.25, 0.3) is 0 Å². The summed E-state index contributed by atoms with van der Waals surface area (Å²) in [4.78, 5) is 31.1. The summed E-state index contributed by atoms with van der Waals surface area (Å²) in [5.41, 5.74) is 5.67. The number of para-hydroxylation sites is 1. The van der Waals surface area contributed by atoms with Crippen LogP contribution in [0.5, 0.6) is 5.75 Å². The lowest BCUT2D eigenvalue weighted by molar-refractivity contribution is -0.175. The number of ether oxygens (including phenoxy) is 1. The minimum absolute atomic E-state index is 0.264. The number of carbonyl (C=O) groups is 2. The van der Waals surface area contributed by atoms with Gasteiger partial charge in [-0.2, -0.15) is 4.98 Å². The minimum atomic E-state index is -0.881. The summed E-state index contributed by atoms with van der Waals surface area (Å²) in [6.07, 6.45) is 1.69. The Labute approximate surface area is 156 Å². The van der Waals surface area contributed by atoms with Crippen molar-refractivity contribution in [2.75, 3.05) is 6.54 Å². The lowest BCUT2D eigenvalue weighted by atomic mass is 9.73. The van der Waals surface area contributed by atoms with Crippen molar-refractivity contribution in [3.8, 4) is 5.75 Å². The molecule has 0 saturated carbocycles. The van der Waals surface area contributed by atoms with E-state index in [2.05, 4.69) is 10.1 Å². The monoisotopic (exact) mass is 370 g/mol. The maximum absolute atomic E-state index is 13.1. The van der Waals surface area contributed by atoms with E-state index in [1.165, 1.54) is 0 Å². The Balaban J connectivity index is 1.60. The second-order valence-corrected chi connectivity index (χ2v) is 7.33. The summed E-state index contributed by atoms with van der Waals surface area (Å²) in [6.45, 7) is 4.06. The first-order valence-corrected chi connectivity index (χ1v) is 9.07. The van der Waals surface area contributed by atoms with Crippen LogP contribution in [-0.4, -0.2) is 39.1 Å². The van der Waals surface area contributed by atoms with Gasteiger partial charge in [0.05, 0.1) is 0 Å². The fraction of sp³-hybridized carbons (Fsp3) is 0.474. The minimum Gasteiger partial charge on any atom is -0.468 e. The van der Waals surface area contributed by atoms with Gasteiger partial charge >= 0.3 is 0 Å². The number of hydrogen-bond donors (Lipinski definition) is 1. The molecular weight excluding hydrogens is 348 g/mol. The van der Waals surface area contributed by atoms with Crippen LogP contribution in [0, 0.1) is 12.8 Å². The zero-order valence-electron chi connectivity index (χ0n) is 15.3. The summed E-state index contributed by atoms with van der Waals surface area (Å²) < 4.78 is 11.3. The molecule has 0 radical (unpaired) electrons. The molecule has 0 aliphatic carbocycles. The third-order valence-corrected chi connectivity index (χ3v) is 5.40. The van der Waals surface area contributed by atoms with E-state index in [0.29, 0.717) is 43.3 Å². The normalized spacial score (nSPS) is 26.4. The summed E-state index contributed by atoms with van der Waals surface area (Å²) in [7, 11) is 0. The molecule has 1 saturated heterocycles. The Bertz CT molecular complexity index is 895. The number of carbonyl (C=O) groups excluding carboxylic acids is 2. The number of rotatable bonds is 5. The van der Waals surface area contributed by atoms with Crippen molar-refractivity contribution in [1.29, 1.82) is 0 Å². The number of likely N-dealkylation sites (tertiary alicyclic amines) is 1. The quantitative estimate of drug-likeness (QED) is 0.799. The lowest BCUT2D eigenvalue weighted by Crippen LogP contribution is -2.64. The molecule has 8 nitrogen and oxygen atoms in total. The van der Waals surface area contributed by atoms with Gasteiger partial charge in [-0.15, -0.1) is 0 Å². The fourth-order valence-electron chi connectivity index (χ4n) is 4.21. The van der Waals surface area contributed by atoms with Gasteiger partial charge in [-0.3, -0.25) is 9.59 Å². The van der Waals surface area contributed by atoms with Crippen molar-refractivity contribution < 1.29 is 18.8 Å². The number of piperidine rings is 1. The molecule has 2 aromatic rings. The molecule has 2 N–H and O–H groups in total. The predicted octanol–water partition coefficient (Wildman–Crippen LogP) is 1.54. The van der Waals surface area contributed by atoms with E-state index < -0.39 is 17.6 Å². The SMILES string of the molecule is Cc1noc(CCCN2C(=O)C(C(N)=O)C3CC2(C)Oc2ccccc23)n1. The maximum atomic E-state index is 13.1. The van der Waals surface area contributed by atoms with E-state index in [1.807, 2.05) is 31.2 Å². The van der Waals surface area contributed by atoms with E-state index in [9.17, 15) is 9.59 Å². The smallest absolute Gasteiger partial charge is 0.238 e. The Kier molecular flexibility index (Phi) is 4.13. The number of hydrogen-bond acceptors (Lipinski definition) is 6. The summed E-state index contributed by atoms with van der Waals surface area (Å²) in [5.74, 6) is -0.212. The highest BCUT2D eigenvalue weighted by Gasteiger charge is 2.55. The molecule has 142 valence electrons. The number of aromatic nitrogens is 2. The van der Waals surface area contributed by atoms with Crippen molar-refractivity contribution in [2.24, 2.45) is 11.7 Å². The molecule has 1 fully saturated rings. The Morgan fingerprint density at radius 3 is 2.89 bits per heavy atom. The van der Waals surface area contributed by atoms with Crippen LogP contribution < -0.4 is 10.5 Å². The average molecular weight is 370 g/mol. The van der Waals surface area contributed by atoms with Crippen molar-refractivity contribution in [3.05, 3.63) is 41.5 Å². The largest absolute Gasteiger partial charge is 0.468 e. The van der Waals surface area contributed by atoms with Crippen LogP contribution >= 0.6 is 0 Å². The molecule has 3 heterocycles. The second kappa shape index (κ2) is 6.37. The first-order valence-electron chi connectivity index (χ1n) is 9.07. The van der Waals surface area contributed by atoms with Gasteiger partial charge in [0.15, 0.2) is 11.5 Å². The first-order chi connectivity index (χ1) is 12.9. The lowest BCUT2D eigenvalue weighted by Gasteiger charge is -2.52. The molecule has 2 amide bonds. The number of aryl methyl sites for hydroxylation is 2. The molecule has 2 aliphatic rings. The van der Waals surface area contributed by atoms with Gasteiger partial charge in [0.2, 0.25) is 17.7 Å². The zero-order valence-corrected chi connectivity index (χ0v) is 15.3. The average Bonchev–Trinajstić information content (AvgIpc) is 3.02. The van der Waals surface area contributed by atoms with Gasteiger partial charge in [-0.05, 0) is 31.9 Å². The zero-order chi connectivity index (χ0) is 19.2. The summed E-state index contributed by atoms with van der Waals surface area (Å²) >= 11 is 0. The van der Waals surface area contributed by atoms with E-state index in [-0.39, 0.29) is 11.8 Å². The topological polar surface area (TPSA) is 112 Å². The predicted molar refractivity (Wildman–Crippen MR) is 94.6 cm³/mol. The number of nitrogens with two attached hydrogens (primary N) is 1. The molecule has 2 bridgehead atoms. The molecule has 3 atom stereocenters. The number of primary amides is 1. The molecule has 0 spiro atoms. The van der Waals surface area contributed by atoms with Crippen LogP contribution in [0.4, 0.5) is 0 Å². The number of nitrogens with zero attached hydrogens (tertiary/aromatic N) is 3. The Morgan fingerprint density at radius 1 is 1.41 bits per heavy atom. The van der Waals surface area contributed by atoms with E-state index >= 15 is 0 Å². The van der Waals surface area contributed by atoms with Gasteiger partial charge in [-0.1, -0.05) is 23.4 Å². The molecular formula is C19H22N4O4. The second-order valence-electron chi connectivity index (χ2n) is 7.33. The van der Waals surface area contributed by atoms with Crippen LogP contribution in [-0.2, 0) is 16.0 Å². The van der Waals surface area contributed by atoms with Crippen LogP contribution in [0.1, 0.15) is 43.0 Å². The van der Waals surface area contributed by atoms with E-state index in [1.54, 1.807) is 11.8 Å². The summed E-state index contributed by atoms with van der Waals surface area (Å²) in [6, 6.07) is 7.53. The Morgan fingerprint density at radius 2 is 2.19 bits per heavy atom. The molecule has 8 heteroatoms. The van der Waals surface area contributed by atoms with Crippen molar-refractivity contribution in [3.63, 3.8) is 0 Å². The highest BCUT2D eigenvalue weighted by Crippen LogP contribution is 2.49. The number of amides is 2. The highest BCUT2D eigenvalue weighted by atomic mass is 16.5. The van der Waals surface area contributed by atoms with Gasteiger partial charge in [0.25, 0.3) is 0 Å². The summed E-state index contributed by atoms with van der Waals surface area (Å²) in [5, 5.41) is 3.77. The van der Waals surface area contributed by atoms with Crippen molar-refractivity contribution in [1.82, 2.24) is 15.0 Å². The van der Waals surface area contributed by atoms with Gasteiger partial charge < -0.3 is 19.9 Å². The third kappa shape index (κ3) is 2.94.